The fraction of sp³-hybridized carbons (Fsp3) is 0.231. The van der Waals surface area contributed by atoms with Gasteiger partial charge in [0.2, 0.25) is 5.91 Å². The maximum atomic E-state index is 13.6. The summed E-state index contributed by atoms with van der Waals surface area (Å²) in [6, 6.07) is 21.0. The number of anilines is 2. The van der Waals surface area contributed by atoms with Gasteiger partial charge in [-0.05, 0) is 55.8 Å². The molecule has 7 heteroatoms. The van der Waals surface area contributed by atoms with Crippen LogP contribution in [0.25, 0.3) is 0 Å². The Morgan fingerprint density at radius 2 is 1.67 bits per heavy atom. The summed E-state index contributed by atoms with van der Waals surface area (Å²) in [5.41, 5.74) is 3.00. The number of fused-ring (bicyclic) bond motifs is 1. The molecule has 3 aromatic carbocycles. The Balaban J connectivity index is 1.59. The van der Waals surface area contributed by atoms with Gasteiger partial charge in [-0.2, -0.15) is 0 Å². The largest absolute Gasteiger partial charge is 0.504 e. The Morgan fingerprint density at radius 3 is 2.36 bits per heavy atom. The number of aromatic hydroxyl groups is 1. The third-order valence-corrected chi connectivity index (χ3v) is 6.04. The maximum Gasteiger partial charge on any atom is 0.266 e. The molecule has 0 aromatic heterocycles. The summed E-state index contributed by atoms with van der Waals surface area (Å²) in [4.78, 5) is 34.3. The normalized spacial score (nSPS) is 22.1. The van der Waals surface area contributed by atoms with Gasteiger partial charge in [0.05, 0.1) is 24.0 Å². The van der Waals surface area contributed by atoms with Crippen LogP contribution in [-0.2, 0) is 14.4 Å². The molecule has 2 amide bonds. The predicted octanol–water partition coefficient (Wildman–Crippen LogP) is 4.15. The van der Waals surface area contributed by atoms with Crippen molar-refractivity contribution in [2.75, 3.05) is 16.6 Å². The molecular weight excluding hydrogens is 420 g/mol. The summed E-state index contributed by atoms with van der Waals surface area (Å²) < 4.78 is 5.57. The number of para-hydroxylation sites is 1. The smallest absolute Gasteiger partial charge is 0.266 e. The van der Waals surface area contributed by atoms with E-state index in [0.717, 1.165) is 11.3 Å². The molecule has 0 saturated carbocycles. The second-order valence-corrected chi connectivity index (χ2v) is 8.17. The molecule has 2 aliphatic heterocycles. The van der Waals surface area contributed by atoms with Gasteiger partial charge in [0.25, 0.3) is 5.91 Å². The number of hydrogen-bond donors (Lipinski definition) is 1. The first-order valence-electron chi connectivity index (χ1n) is 10.9. The van der Waals surface area contributed by atoms with Crippen LogP contribution in [0, 0.1) is 12.8 Å². The fourth-order valence-electron chi connectivity index (χ4n) is 4.49. The molecule has 2 saturated heterocycles. The van der Waals surface area contributed by atoms with Crippen LogP contribution < -0.4 is 14.7 Å². The second-order valence-electron chi connectivity index (χ2n) is 8.17. The number of hydrogen-bond acceptors (Lipinski definition) is 6. The van der Waals surface area contributed by atoms with Crippen LogP contribution >= 0.6 is 0 Å². The van der Waals surface area contributed by atoms with E-state index in [9.17, 15) is 14.7 Å². The van der Waals surface area contributed by atoms with Crippen molar-refractivity contribution in [1.82, 2.24) is 0 Å². The number of benzene rings is 3. The Morgan fingerprint density at radius 1 is 0.939 bits per heavy atom. The number of nitrogens with zero attached hydrogens (tertiary/aromatic N) is 2. The molecule has 7 nitrogen and oxygen atoms in total. The number of ether oxygens (including phenoxy) is 1. The Kier molecular flexibility index (Phi) is 5.26. The topological polar surface area (TPSA) is 79.3 Å². The van der Waals surface area contributed by atoms with E-state index in [2.05, 4.69) is 0 Å². The molecule has 2 heterocycles. The maximum absolute atomic E-state index is 13.6. The van der Waals surface area contributed by atoms with E-state index in [4.69, 9.17) is 9.57 Å². The highest BCUT2D eigenvalue weighted by Gasteiger charge is 2.60. The molecule has 3 unspecified atom stereocenters. The zero-order valence-electron chi connectivity index (χ0n) is 18.3. The van der Waals surface area contributed by atoms with Crippen molar-refractivity contribution in [3.8, 4) is 11.5 Å². The molecule has 2 fully saturated rings. The van der Waals surface area contributed by atoms with E-state index in [1.165, 1.54) is 11.0 Å². The van der Waals surface area contributed by atoms with Crippen LogP contribution in [-0.4, -0.2) is 29.6 Å². The van der Waals surface area contributed by atoms with Gasteiger partial charge in [-0.1, -0.05) is 42.0 Å². The van der Waals surface area contributed by atoms with E-state index in [1.807, 2.05) is 56.3 Å². The summed E-state index contributed by atoms with van der Waals surface area (Å²) in [5, 5.41) is 11.8. The van der Waals surface area contributed by atoms with Crippen molar-refractivity contribution >= 4 is 23.2 Å². The van der Waals surface area contributed by atoms with Crippen LogP contribution in [0.2, 0.25) is 0 Å². The van der Waals surface area contributed by atoms with Gasteiger partial charge in [-0.15, -0.1) is 0 Å². The number of carbonyl (C=O) groups excluding carboxylic acids is 2. The minimum atomic E-state index is -0.951. The molecule has 0 radical (unpaired) electrons. The molecule has 33 heavy (non-hydrogen) atoms. The third kappa shape index (κ3) is 3.50. The van der Waals surface area contributed by atoms with Crippen LogP contribution in [0.3, 0.4) is 0 Å². The average molecular weight is 444 g/mol. The van der Waals surface area contributed by atoms with E-state index >= 15 is 0 Å². The van der Waals surface area contributed by atoms with E-state index < -0.39 is 18.1 Å². The summed E-state index contributed by atoms with van der Waals surface area (Å²) in [6.45, 7) is 4.16. The lowest BCUT2D eigenvalue weighted by atomic mass is 9.90. The highest BCUT2D eigenvalue weighted by molar-refractivity contribution is 6.23. The van der Waals surface area contributed by atoms with Gasteiger partial charge >= 0.3 is 0 Å². The van der Waals surface area contributed by atoms with Gasteiger partial charge < -0.3 is 9.84 Å². The van der Waals surface area contributed by atoms with Crippen molar-refractivity contribution in [3.63, 3.8) is 0 Å². The monoisotopic (exact) mass is 444 g/mol. The first kappa shape index (κ1) is 21.0. The minimum absolute atomic E-state index is 0.0115. The number of hydroxylamine groups is 1. The van der Waals surface area contributed by atoms with Crippen LogP contribution in [0.15, 0.2) is 72.8 Å². The van der Waals surface area contributed by atoms with E-state index in [-0.39, 0.29) is 17.6 Å². The summed E-state index contributed by atoms with van der Waals surface area (Å²) in [6.07, 6.45) is -0.951. The van der Waals surface area contributed by atoms with Crippen molar-refractivity contribution < 1.29 is 24.3 Å². The molecule has 2 aliphatic rings. The Hall–Kier alpha value is -3.84. The van der Waals surface area contributed by atoms with Crippen LogP contribution in [0.4, 0.5) is 11.4 Å². The number of imide groups is 1. The number of phenolic OH excluding ortho intramolecular Hbond substituents is 1. The Bertz CT molecular complexity index is 1200. The molecule has 168 valence electrons. The molecular formula is C26H24N2O5. The van der Waals surface area contributed by atoms with E-state index in [1.54, 1.807) is 29.3 Å². The van der Waals surface area contributed by atoms with Gasteiger partial charge in [0, 0.05) is 0 Å². The first-order chi connectivity index (χ1) is 16.0. The zero-order chi connectivity index (χ0) is 23.1. The highest BCUT2D eigenvalue weighted by Crippen LogP contribution is 2.48. The van der Waals surface area contributed by atoms with Crippen molar-refractivity contribution in [2.45, 2.75) is 26.0 Å². The summed E-state index contributed by atoms with van der Waals surface area (Å²) >= 11 is 0. The zero-order valence-corrected chi connectivity index (χ0v) is 18.3. The second kappa shape index (κ2) is 8.26. The third-order valence-electron chi connectivity index (χ3n) is 6.04. The number of carbonyl (C=O) groups is 2. The Labute approximate surface area is 191 Å². The van der Waals surface area contributed by atoms with Crippen molar-refractivity contribution in [1.29, 1.82) is 0 Å². The number of rotatable bonds is 5. The molecule has 3 aromatic rings. The molecule has 1 N–H and O–H groups in total. The first-order valence-corrected chi connectivity index (χ1v) is 10.9. The van der Waals surface area contributed by atoms with E-state index in [0.29, 0.717) is 23.6 Å². The summed E-state index contributed by atoms with van der Waals surface area (Å²) in [5.74, 6) is -1.13. The molecule has 5 rings (SSSR count). The van der Waals surface area contributed by atoms with Gasteiger partial charge in [0.15, 0.2) is 17.6 Å². The van der Waals surface area contributed by atoms with Crippen LogP contribution in [0.5, 0.6) is 11.5 Å². The van der Waals surface area contributed by atoms with Crippen molar-refractivity contribution in [2.24, 2.45) is 5.92 Å². The number of phenols is 1. The molecule has 0 bridgehead atoms. The molecule has 0 aliphatic carbocycles. The number of amides is 2. The van der Waals surface area contributed by atoms with Gasteiger partial charge in [0.1, 0.15) is 5.92 Å². The quantitative estimate of drug-likeness (QED) is 0.596. The lowest BCUT2D eigenvalue weighted by Crippen LogP contribution is -2.37. The average Bonchev–Trinajstić information content (AvgIpc) is 3.33. The standard InChI is InChI=1S/C26H24N2O5/c1-3-32-21-15-17(11-14-20(21)29)23-22-24(33-28(23)19-7-5-4-6-8-19)26(31)27(25(22)30)18-12-9-16(2)10-13-18/h4-15,22-24,29H,3H2,1-2H3. The molecule has 0 spiro atoms. The fourth-order valence-corrected chi connectivity index (χ4v) is 4.49. The highest BCUT2D eigenvalue weighted by atomic mass is 16.7. The minimum Gasteiger partial charge on any atom is -0.504 e. The predicted molar refractivity (Wildman–Crippen MR) is 123 cm³/mol. The SMILES string of the molecule is CCOc1cc(C2C3C(=O)N(c4ccc(C)cc4)C(=O)C3ON2c2ccccc2)ccc1O. The van der Waals surface area contributed by atoms with Crippen LogP contribution in [0.1, 0.15) is 24.1 Å². The summed E-state index contributed by atoms with van der Waals surface area (Å²) in [7, 11) is 0. The number of aryl methyl sites for hydroxylation is 1. The lowest BCUT2D eigenvalue weighted by Gasteiger charge is -2.29. The van der Waals surface area contributed by atoms with Gasteiger partial charge in [-0.25, -0.2) is 9.96 Å². The molecule has 3 atom stereocenters. The lowest BCUT2D eigenvalue weighted by molar-refractivity contribution is -0.126. The van der Waals surface area contributed by atoms with Gasteiger partial charge in [-0.3, -0.25) is 14.4 Å². The van der Waals surface area contributed by atoms with Crippen molar-refractivity contribution in [3.05, 3.63) is 83.9 Å².